The van der Waals surface area contributed by atoms with Gasteiger partial charge in [0.1, 0.15) is 5.56 Å². The van der Waals surface area contributed by atoms with Crippen LogP contribution in [-0.2, 0) is 7.05 Å². The summed E-state index contributed by atoms with van der Waals surface area (Å²) in [5.74, 6) is -1.89. The molecule has 0 aliphatic rings. The standard InChI is InChI=1S/C25H19N3O4/c1-28-24(30)21(23(29)26-19-15-9-8-14-18(19)25(31)32)20(16-10-4-2-5-11-16)22(27-28)17-12-6-3-7-13-17/h2-15H,1H3,(H,26,29)(H,31,32). The number of amides is 1. The molecule has 7 nitrogen and oxygen atoms in total. The molecule has 1 aromatic heterocycles. The highest BCUT2D eigenvalue weighted by Crippen LogP contribution is 2.32. The van der Waals surface area contributed by atoms with E-state index < -0.39 is 17.4 Å². The predicted molar refractivity (Wildman–Crippen MR) is 122 cm³/mol. The largest absolute Gasteiger partial charge is 0.478 e. The smallest absolute Gasteiger partial charge is 0.337 e. The molecule has 4 rings (SSSR count). The molecule has 4 aromatic rings. The number of aromatic nitrogens is 2. The summed E-state index contributed by atoms with van der Waals surface area (Å²) in [5.41, 5.74) is 1.55. The number of carboxylic acid groups (broad SMARTS) is 1. The molecule has 3 aromatic carbocycles. The fraction of sp³-hybridized carbons (Fsp3) is 0.0400. The van der Waals surface area contributed by atoms with Crippen molar-refractivity contribution in [2.45, 2.75) is 0 Å². The Labute approximate surface area is 183 Å². The molecule has 0 radical (unpaired) electrons. The highest BCUT2D eigenvalue weighted by Gasteiger charge is 2.25. The molecule has 0 unspecified atom stereocenters. The highest BCUT2D eigenvalue weighted by molar-refractivity contribution is 6.12. The summed E-state index contributed by atoms with van der Waals surface area (Å²) >= 11 is 0. The van der Waals surface area contributed by atoms with Crippen molar-refractivity contribution in [1.29, 1.82) is 0 Å². The van der Waals surface area contributed by atoms with Crippen molar-refractivity contribution >= 4 is 17.6 Å². The summed E-state index contributed by atoms with van der Waals surface area (Å²) in [5, 5.41) is 16.5. The maximum Gasteiger partial charge on any atom is 0.337 e. The molecule has 0 bridgehead atoms. The zero-order valence-electron chi connectivity index (χ0n) is 17.1. The fourth-order valence-electron chi connectivity index (χ4n) is 3.49. The number of aryl methyl sites for hydroxylation is 1. The van der Waals surface area contributed by atoms with Crippen LogP contribution in [0.2, 0.25) is 0 Å². The van der Waals surface area contributed by atoms with Gasteiger partial charge in [-0.25, -0.2) is 9.48 Å². The Kier molecular flexibility index (Phi) is 5.63. The summed E-state index contributed by atoms with van der Waals surface area (Å²) in [4.78, 5) is 38.1. The maximum absolute atomic E-state index is 13.4. The molecule has 1 heterocycles. The molecule has 0 atom stereocenters. The van der Waals surface area contributed by atoms with Crippen molar-refractivity contribution < 1.29 is 14.7 Å². The summed E-state index contributed by atoms with van der Waals surface area (Å²) < 4.78 is 1.12. The number of carbonyl (C=O) groups excluding carboxylic acids is 1. The van der Waals surface area contributed by atoms with Crippen LogP contribution in [0.15, 0.2) is 89.7 Å². The van der Waals surface area contributed by atoms with Gasteiger partial charge >= 0.3 is 5.97 Å². The Bertz CT molecular complexity index is 1360. The van der Waals surface area contributed by atoms with Crippen LogP contribution in [0.5, 0.6) is 0 Å². The third kappa shape index (κ3) is 3.91. The zero-order valence-corrected chi connectivity index (χ0v) is 17.1. The first-order valence-electron chi connectivity index (χ1n) is 9.83. The summed E-state index contributed by atoms with van der Waals surface area (Å²) in [7, 11) is 1.48. The Morgan fingerprint density at radius 3 is 2.03 bits per heavy atom. The number of anilines is 1. The molecule has 0 saturated carbocycles. The lowest BCUT2D eigenvalue weighted by Gasteiger charge is -2.16. The van der Waals surface area contributed by atoms with Gasteiger partial charge in [0.05, 0.1) is 16.9 Å². The fourth-order valence-corrected chi connectivity index (χ4v) is 3.49. The normalized spacial score (nSPS) is 10.5. The number of nitrogens with one attached hydrogen (secondary N) is 1. The molecule has 1 amide bonds. The number of carboxylic acids is 1. The molecule has 158 valence electrons. The van der Waals surface area contributed by atoms with Gasteiger partial charge in [0.25, 0.3) is 11.5 Å². The van der Waals surface area contributed by atoms with E-state index in [1.54, 1.807) is 24.3 Å². The van der Waals surface area contributed by atoms with E-state index in [1.165, 1.54) is 19.2 Å². The van der Waals surface area contributed by atoms with E-state index in [0.717, 1.165) is 10.2 Å². The topological polar surface area (TPSA) is 101 Å². The number of benzene rings is 3. The van der Waals surface area contributed by atoms with Gasteiger partial charge in [-0.2, -0.15) is 5.10 Å². The van der Waals surface area contributed by atoms with Gasteiger partial charge in [-0.3, -0.25) is 9.59 Å². The lowest BCUT2D eigenvalue weighted by Crippen LogP contribution is -2.31. The molecule has 0 spiro atoms. The SMILES string of the molecule is Cn1nc(-c2ccccc2)c(-c2ccccc2)c(C(=O)Nc2ccccc2C(=O)O)c1=O. The molecule has 0 saturated heterocycles. The van der Waals surface area contributed by atoms with Gasteiger partial charge in [0.15, 0.2) is 0 Å². The van der Waals surface area contributed by atoms with Crippen LogP contribution in [0.3, 0.4) is 0 Å². The second-order valence-electron chi connectivity index (χ2n) is 7.06. The Balaban J connectivity index is 1.96. The number of para-hydroxylation sites is 1. The minimum atomic E-state index is -1.18. The molecule has 0 aliphatic carbocycles. The third-order valence-corrected chi connectivity index (χ3v) is 4.99. The molecule has 0 fully saturated rings. The average Bonchev–Trinajstić information content (AvgIpc) is 2.81. The number of carbonyl (C=O) groups is 2. The number of aromatic carboxylic acids is 1. The summed E-state index contributed by atoms with van der Waals surface area (Å²) in [6.07, 6.45) is 0. The van der Waals surface area contributed by atoms with E-state index in [4.69, 9.17) is 0 Å². The van der Waals surface area contributed by atoms with Crippen molar-refractivity contribution in [2.24, 2.45) is 7.05 Å². The minimum absolute atomic E-state index is 0.0729. The minimum Gasteiger partial charge on any atom is -0.478 e. The van der Waals surface area contributed by atoms with E-state index in [9.17, 15) is 19.5 Å². The van der Waals surface area contributed by atoms with E-state index in [2.05, 4.69) is 10.4 Å². The predicted octanol–water partition coefficient (Wildman–Crippen LogP) is 4.06. The third-order valence-electron chi connectivity index (χ3n) is 4.99. The maximum atomic E-state index is 13.4. The van der Waals surface area contributed by atoms with Gasteiger partial charge in [0, 0.05) is 18.2 Å². The highest BCUT2D eigenvalue weighted by atomic mass is 16.4. The Hall–Kier alpha value is -4.52. The van der Waals surface area contributed by atoms with E-state index in [1.807, 2.05) is 48.5 Å². The Morgan fingerprint density at radius 1 is 0.844 bits per heavy atom. The number of nitrogens with zero attached hydrogens (tertiary/aromatic N) is 2. The van der Waals surface area contributed by atoms with Crippen LogP contribution in [0.4, 0.5) is 5.69 Å². The monoisotopic (exact) mass is 425 g/mol. The number of rotatable bonds is 5. The van der Waals surface area contributed by atoms with Crippen LogP contribution in [0.25, 0.3) is 22.4 Å². The first-order chi connectivity index (χ1) is 15.5. The van der Waals surface area contributed by atoms with Crippen LogP contribution < -0.4 is 10.9 Å². The van der Waals surface area contributed by atoms with Gasteiger partial charge < -0.3 is 10.4 Å². The lowest BCUT2D eigenvalue weighted by molar-refractivity contribution is 0.0698. The zero-order chi connectivity index (χ0) is 22.7. The van der Waals surface area contributed by atoms with Crippen molar-refractivity contribution in [2.75, 3.05) is 5.32 Å². The van der Waals surface area contributed by atoms with Crippen molar-refractivity contribution in [3.8, 4) is 22.4 Å². The van der Waals surface area contributed by atoms with Crippen molar-refractivity contribution in [1.82, 2.24) is 9.78 Å². The first-order valence-corrected chi connectivity index (χ1v) is 9.83. The van der Waals surface area contributed by atoms with Crippen LogP contribution >= 0.6 is 0 Å². The van der Waals surface area contributed by atoms with Crippen LogP contribution in [0, 0.1) is 0 Å². The lowest BCUT2D eigenvalue weighted by atomic mass is 9.95. The quantitative estimate of drug-likeness (QED) is 0.502. The Morgan fingerprint density at radius 2 is 1.41 bits per heavy atom. The second kappa shape index (κ2) is 8.69. The van der Waals surface area contributed by atoms with E-state index in [-0.39, 0.29) is 16.8 Å². The van der Waals surface area contributed by atoms with Crippen molar-refractivity contribution in [3.05, 3.63) is 106 Å². The van der Waals surface area contributed by atoms with Gasteiger partial charge in [-0.05, 0) is 17.7 Å². The van der Waals surface area contributed by atoms with Crippen LogP contribution in [0.1, 0.15) is 20.7 Å². The average molecular weight is 425 g/mol. The molecule has 7 heteroatoms. The molecule has 32 heavy (non-hydrogen) atoms. The summed E-state index contributed by atoms with van der Waals surface area (Å²) in [6, 6.07) is 24.3. The van der Waals surface area contributed by atoms with Gasteiger partial charge in [-0.1, -0.05) is 72.8 Å². The van der Waals surface area contributed by atoms with Crippen molar-refractivity contribution in [3.63, 3.8) is 0 Å². The number of hydrogen-bond acceptors (Lipinski definition) is 4. The van der Waals surface area contributed by atoms with Crippen LogP contribution in [-0.4, -0.2) is 26.8 Å². The van der Waals surface area contributed by atoms with E-state index >= 15 is 0 Å². The van der Waals surface area contributed by atoms with E-state index in [0.29, 0.717) is 16.8 Å². The second-order valence-corrected chi connectivity index (χ2v) is 7.06. The molecule has 2 N–H and O–H groups in total. The molecule has 0 aliphatic heterocycles. The summed E-state index contributed by atoms with van der Waals surface area (Å²) in [6.45, 7) is 0. The van der Waals surface area contributed by atoms with Gasteiger partial charge in [0.2, 0.25) is 0 Å². The van der Waals surface area contributed by atoms with Gasteiger partial charge in [-0.15, -0.1) is 0 Å². The first kappa shape index (κ1) is 20.7. The molecular weight excluding hydrogens is 406 g/mol. The number of hydrogen-bond donors (Lipinski definition) is 2. The molecular formula is C25H19N3O4.